The monoisotopic (exact) mass is 319 g/mol. The highest BCUT2D eigenvalue weighted by Gasteiger charge is 2.48. The number of hydrogen-bond donors (Lipinski definition) is 1. The van der Waals surface area contributed by atoms with Crippen LogP contribution in [0.1, 0.15) is 38.2 Å². The second-order valence-electron chi connectivity index (χ2n) is 5.49. The van der Waals surface area contributed by atoms with Crippen LogP contribution >= 0.6 is 0 Å². The molecule has 0 aromatic heterocycles. The molecule has 1 heterocycles. The predicted molar refractivity (Wildman–Crippen MR) is 77.5 cm³/mol. The summed E-state index contributed by atoms with van der Waals surface area (Å²) in [6, 6.07) is 6.04. The lowest BCUT2D eigenvalue weighted by Crippen LogP contribution is -2.59. The molecule has 1 atom stereocenters. The third-order valence-electron chi connectivity index (χ3n) is 4.13. The van der Waals surface area contributed by atoms with Gasteiger partial charge in [-0.1, -0.05) is 26.0 Å². The van der Waals surface area contributed by atoms with Gasteiger partial charge in [-0.05, 0) is 41.9 Å². The molecule has 1 aliphatic heterocycles. The SMILES string of the molecule is CC.O=S(c1ccc(C2CC3(CNC3)C2)cc1)C(F)(F)F. The highest BCUT2D eigenvalue weighted by molar-refractivity contribution is 7.86. The van der Waals surface area contributed by atoms with Gasteiger partial charge < -0.3 is 5.32 Å². The minimum Gasteiger partial charge on any atom is -0.316 e. The van der Waals surface area contributed by atoms with E-state index in [1.807, 2.05) is 13.8 Å². The van der Waals surface area contributed by atoms with Crippen molar-refractivity contribution in [1.82, 2.24) is 5.32 Å². The minimum atomic E-state index is -4.68. The summed E-state index contributed by atoms with van der Waals surface area (Å²) < 4.78 is 48.1. The Bertz CT molecular complexity index is 501. The molecule has 118 valence electrons. The van der Waals surface area contributed by atoms with Gasteiger partial charge in [0, 0.05) is 18.0 Å². The van der Waals surface area contributed by atoms with E-state index in [4.69, 9.17) is 0 Å². The molecule has 2 nitrogen and oxygen atoms in total. The standard InChI is InChI=1S/C13H14F3NOS.C2H6/c14-13(15,16)19(18)11-3-1-9(2-4-11)10-5-12(6-10)7-17-8-12;1-2/h1-4,10,17H,5-8H2;1-2H3. The second-order valence-corrected chi connectivity index (χ2v) is 6.96. The number of nitrogens with one attached hydrogen (secondary N) is 1. The number of rotatable bonds is 2. The summed E-state index contributed by atoms with van der Waals surface area (Å²) in [4.78, 5) is -0.171. The molecule has 1 saturated heterocycles. The number of hydrogen-bond acceptors (Lipinski definition) is 2. The molecule has 2 aliphatic rings. The first-order valence-electron chi connectivity index (χ1n) is 7.19. The fraction of sp³-hybridized carbons (Fsp3) is 0.600. The summed E-state index contributed by atoms with van der Waals surface area (Å²) >= 11 is 0. The van der Waals surface area contributed by atoms with Crippen molar-refractivity contribution in [1.29, 1.82) is 0 Å². The summed E-state index contributed by atoms with van der Waals surface area (Å²) in [6.45, 7) is 6.11. The molecule has 1 unspecified atom stereocenters. The number of alkyl halides is 3. The predicted octanol–water partition coefficient (Wildman–Crippen LogP) is 3.81. The Hall–Kier alpha value is -0.880. The van der Waals surface area contributed by atoms with Gasteiger partial charge in [-0.3, -0.25) is 0 Å². The average Bonchev–Trinajstić information content (AvgIpc) is 2.37. The van der Waals surface area contributed by atoms with E-state index in [0.717, 1.165) is 31.5 Å². The normalized spacial score (nSPS) is 21.8. The van der Waals surface area contributed by atoms with E-state index in [2.05, 4.69) is 5.32 Å². The molecule has 3 rings (SSSR count). The second kappa shape index (κ2) is 6.08. The molecule has 21 heavy (non-hydrogen) atoms. The molecule has 1 aliphatic carbocycles. The number of halogens is 3. The Kier molecular flexibility index (Phi) is 4.78. The van der Waals surface area contributed by atoms with Gasteiger partial charge in [-0.2, -0.15) is 13.2 Å². The van der Waals surface area contributed by atoms with Crippen LogP contribution in [0.15, 0.2) is 29.2 Å². The minimum absolute atomic E-state index is 0.171. The first kappa shape index (κ1) is 16.5. The molecule has 1 N–H and O–H groups in total. The van der Waals surface area contributed by atoms with E-state index in [1.165, 1.54) is 12.1 Å². The lowest BCUT2D eigenvalue weighted by molar-refractivity contribution is -0.0384. The zero-order valence-electron chi connectivity index (χ0n) is 12.2. The molecule has 1 saturated carbocycles. The topological polar surface area (TPSA) is 29.1 Å². The Balaban J connectivity index is 0.000000774. The van der Waals surface area contributed by atoms with E-state index in [1.54, 1.807) is 12.1 Å². The largest absolute Gasteiger partial charge is 0.475 e. The van der Waals surface area contributed by atoms with Gasteiger partial charge >= 0.3 is 5.51 Å². The van der Waals surface area contributed by atoms with Crippen LogP contribution in [0, 0.1) is 5.41 Å². The molecule has 1 spiro atoms. The Morgan fingerprint density at radius 1 is 1.14 bits per heavy atom. The molecule has 1 aromatic carbocycles. The maximum absolute atomic E-state index is 12.3. The van der Waals surface area contributed by atoms with Gasteiger partial charge in [0.1, 0.15) is 0 Å². The van der Waals surface area contributed by atoms with Crippen LogP contribution < -0.4 is 5.32 Å². The van der Waals surface area contributed by atoms with Crippen molar-refractivity contribution in [2.75, 3.05) is 13.1 Å². The summed E-state index contributed by atoms with van der Waals surface area (Å²) in [5.41, 5.74) is -3.18. The molecule has 0 bridgehead atoms. The first-order valence-corrected chi connectivity index (χ1v) is 8.34. The van der Waals surface area contributed by atoms with Crippen molar-refractivity contribution < 1.29 is 17.4 Å². The zero-order valence-corrected chi connectivity index (χ0v) is 13.0. The summed E-state index contributed by atoms with van der Waals surface area (Å²) in [7, 11) is -2.92. The van der Waals surface area contributed by atoms with Crippen LogP contribution in [0.2, 0.25) is 0 Å². The van der Waals surface area contributed by atoms with E-state index >= 15 is 0 Å². The summed E-state index contributed by atoms with van der Waals surface area (Å²) in [5.74, 6) is 0.440. The van der Waals surface area contributed by atoms with E-state index in [9.17, 15) is 17.4 Å². The van der Waals surface area contributed by atoms with Crippen molar-refractivity contribution in [3.8, 4) is 0 Å². The van der Waals surface area contributed by atoms with Crippen molar-refractivity contribution >= 4 is 10.8 Å². The van der Waals surface area contributed by atoms with Crippen molar-refractivity contribution in [3.63, 3.8) is 0 Å². The Morgan fingerprint density at radius 3 is 2.05 bits per heavy atom. The third kappa shape index (κ3) is 3.31. The molecule has 1 aromatic rings. The Labute approximate surface area is 125 Å². The molecule has 0 amide bonds. The highest BCUT2D eigenvalue weighted by Crippen LogP contribution is 2.53. The lowest BCUT2D eigenvalue weighted by Gasteiger charge is -2.54. The van der Waals surface area contributed by atoms with Gasteiger partial charge in [-0.25, -0.2) is 4.21 Å². The zero-order chi connectivity index (χ0) is 15.7. The van der Waals surface area contributed by atoms with Crippen molar-refractivity contribution in [2.45, 2.75) is 43.0 Å². The summed E-state index contributed by atoms with van der Waals surface area (Å²) in [6.07, 6.45) is 2.20. The van der Waals surface area contributed by atoms with Crippen molar-refractivity contribution in [3.05, 3.63) is 29.8 Å². The van der Waals surface area contributed by atoms with Crippen LogP contribution in [-0.4, -0.2) is 22.8 Å². The Morgan fingerprint density at radius 2 is 1.67 bits per heavy atom. The van der Waals surface area contributed by atoms with Gasteiger partial charge in [0.15, 0.2) is 10.8 Å². The number of benzene rings is 1. The lowest BCUT2D eigenvalue weighted by atomic mass is 9.57. The van der Waals surface area contributed by atoms with Crippen LogP contribution in [0.4, 0.5) is 13.2 Å². The van der Waals surface area contributed by atoms with Crippen LogP contribution in [0.5, 0.6) is 0 Å². The van der Waals surface area contributed by atoms with Crippen molar-refractivity contribution in [2.24, 2.45) is 5.41 Å². The quantitative estimate of drug-likeness (QED) is 0.898. The maximum atomic E-state index is 12.3. The van der Waals surface area contributed by atoms with Gasteiger partial charge in [0.2, 0.25) is 0 Å². The highest BCUT2D eigenvalue weighted by atomic mass is 32.2. The maximum Gasteiger partial charge on any atom is 0.475 e. The van der Waals surface area contributed by atoms with Crippen LogP contribution in [-0.2, 0) is 10.8 Å². The molecule has 2 fully saturated rings. The fourth-order valence-electron chi connectivity index (χ4n) is 2.99. The molecular formula is C15H20F3NOS. The smallest absolute Gasteiger partial charge is 0.316 e. The van der Waals surface area contributed by atoms with E-state index < -0.39 is 16.3 Å². The summed E-state index contributed by atoms with van der Waals surface area (Å²) in [5, 5.41) is 3.25. The first-order chi connectivity index (χ1) is 9.90. The van der Waals surface area contributed by atoms with Crippen LogP contribution in [0.25, 0.3) is 0 Å². The fourth-order valence-corrected chi connectivity index (χ4v) is 3.64. The van der Waals surface area contributed by atoms with Gasteiger partial charge in [0.05, 0.1) is 0 Å². The molecular weight excluding hydrogens is 299 g/mol. The van der Waals surface area contributed by atoms with Gasteiger partial charge in [-0.15, -0.1) is 0 Å². The molecule has 6 heteroatoms. The molecule has 0 radical (unpaired) electrons. The van der Waals surface area contributed by atoms with Gasteiger partial charge in [0.25, 0.3) is 0 Å². The average molecular weight is 319 g/mol. The van der Waals surface area contributed by atoms with Crippen LogP contribution in [0.3, 0.4) is 0 Å². The third-order valence-corrected chi connectivity index (χ3v) is 5.26. The van der Waals surface area contributed by atoms with E-state index in [0.29, 0.717) is 11.3 Å². The van der Waals surface area contributed by atoms with E-state index in [-0.39, 0.29) is 4.90 Å².